The van der Waals surface area contributed by atoms with Crippen molar-refractivity contribution in [3.63, 3.8) is 0 Å². The van der Waals surface area contributed by atoms with Gasteiger partial charge in [-0.15, -0.1) is 0 Å². The van der Waals surface area contributed by atoms with Crippen LogP contribution in [-0.2, 0) is 14.6 Å². The first kappa shape index (κ1) is 31.0. The zero-order chi connectivity index (χ0) is 23.5. The predicted molar refractivity (Wildman–Crippen MR) is 130 cm³/mol. The summed E-state index contributed by atoms with van der Waals surface area (Å²) in [4.78, 5) is 0. The summed E-state index contributed by atoms with van der Waals surface area (Å²) in [7, 11) is -4.39. The monoisotopic (exact) mass is 511 g/mol. The van der Waals surface area contributed by atoms with E-state index < -0.39 is 10.4 Å². The Kier molecular flexibility index (Phi) is 10.3. The molecule has 0 bridgehead atoms. The zero-order valence-corrected chi connectivity index (χ0v) is 24.1. The summed E-state index contributed by atoms with van der Waals surface area (Å²) in [5, 5.41) is 22.1. The van der Waals surface area contributed by atoms with E-state index in [4.69, 9.17) is 4.55 Å². The molecule has 0 aromatic rings. The molecule has 6 nitrogen and oxygen atoms in total. The molecule has 4 saturated carbocycles. The van der Waals surface area contributed by atoms with Crippen molar-refractivity contribution in [2.75, 3.05) is 6.61 Å². The average molecular weight is 512 g/mol. The minimum Gasteiger partial charge on any atom is -0.393 e. The van der Waals surface area contributed by atoms with E-state index in [0.717, 1.165) is 51.4 Å². The molecule has 0 aromatic carbocycles. The largest absolute Gasteiger partial charge is 1.00 e. The first-order chi connectivity index (χ1) is 14.9. The van der Waals surface area contributed by atoms with Gasteiger partial charge in [0.15, 0.2) is 0 Å². The second kappa shape index (κ2) is 11.3. The van der Waals surface area contributed by atoms with E-state index in [0.29, 0.717) is 41.9 Å². The van der Waals surface area contributed by atoms with Crippen LogP contribution in [0.3, 0.4) is 0 Å². The van der Waals surface area contributed by atoms with Crippen LogP contribution in [0.1, 0.15) is 92.9 Å². The van der Waals surface area contributed by atoms with Crippen LogP contribution in [0.5, 0.6) is 0 Å². The minimum atomic E-state index is -4.39. The van der Waals surface area contributed by atoms with Crippen molar-refractivity contribution in [1.82, 2.24) is 0 Å². The average Bonchev–Trinajstić information content (AvgIpc) is 3.06. The van der Waals surface area contributed by atoms with Gasteiger partial charge in [0.25, 0.3) is 0 Å². The van der Waals surface area contributed by atoms with Gasteiger partial charge in [-0.05, 0) is 104 Å². The Balaban J connectivity index is 0.00000204. The molecule has 0 radical (unpaired) electrons. The number of hydrogen-bond donors (Lipinski definition) is 3. The Morgan fingerprint density at radius 1 is 1.00 bits per heavy atom. The molecule has 4 fully saturated rings. The molecule has 0 saturated heterocycles. The minimum absolute atomic E-state index is 0. The third kappa shape index (κ3) is 5.34. The summed E-state index contributed by atoms with van der Waals surface area (Å²) >= 11 is 0. The van der Waals surface area contributed by atoms with Gasteiger partial charge in [-0.2, -0.15) is 8.42 Å². The number of fused-ring (bicyclic) bond motifs is 5. The van der Waals surface area contributed by atoms with Crippen molar-refractivity contribution < 1.29 is 56.9 Å². The summed E-state index contributed by atoms with van der Waals surface area (Å²) in [6, 6.07) is 0. The molecule has 4 aliphatic carbocycles. The molecule has 3 N–H and O–H groups in total. The molecule has 34 heavy (non-hydrogen) atoms. The maximum atomic E-state index is 11.7. The summed E-state index contributed by atoms with van der Waals surface area (Å²) in [6.07, 6.45) is 8.38. The van der Waals surface area contributed by atoms with Crippen LogP contribution in [0, 0.1) is 52.3 Å². The normalized spacial score (nSPS) is 46.8. The van der Waals surface area contributed by atoms with Crippen LogP contribution in [-0.4, -0.2) is 42.0 Å². The summed E-state index contributed by atoms with van der Waals surface area (Å²) in [5.74, 6) is 2.78. The summed E-state index contributed by atoms with van der Waals surface area (Å²) in [6.45, 7) is 9.28. The SMILES string of the molecule is C.CC[C@H]1[C@@H](O)C2C3CCC(C(C)CCOS(=O)(=O)O)[C@@]3(C)CCC2[C@@]2(C)CC[C@@H](O)C[C@@H]12.[Na+]. The molecule has 4 aliphatic rings. The van der Waals surface area contributed by atoms with Gasteiger partial charge in [-0.3, -0.25) is 4.55 Å². The van der Waals surface area contributed by atoms with Gasteiger partial charge >= 0.3 is 40.0 Å². The van der Waals surface area contributed by atoms with Crippen molar-refractivity contribution >= 4 is 10.4 Å². The molecule has 4 rings (SSSR count). The van der Waals surface area contributed by atoms with Crippen LogP contribution in [0.25, 0.3) is 0 Å². The van der Waals surface area contributed by atoms with Crippen molar-refractivity contribution in [1.29, 1.82) is 0 Å². The van der Waals surface area contributed by atoms with Crippen LogP contribution < -0.4 is 29.6 Å². The number of aliphatic hydroxyl groups is 2. The van der Waals surface area contributed by atoms with Crippen LogP contribution in [0.15, 0.2) is 0 Å². The standard InChI is InChI=1S/C25H44O6S.CH4.Na/c1-5-17-21-14-16(26)8-11-25(21,4)20-9-12-24(3)18(6-7-19(24)22(20)23(17)27)15(2)10-13-31-32(28,29)30;;/h15-23,26-27H,5-14H2,1-4H3,(H,28,29,30);1H4;/q;;+1/t15?,16-,17-,18?,19?,20?,21+,22?,23-,24-,25-;;/m1../s1. The molecule has 0 heterocycles. The maximum absolute atomic E-state index is 11.7. The van der Waals surface area contributed by atoms with Gasteiger partial charge in [0.2, 0.25) is 0 Å². The van der Waals surface area contributed by atoms with Crippen LogP contribution >= 0.6 is 0 Å². The third-order valence-electron chi connectivity index (χ3n) is 11.0. The van der Waals surface area contributed by atoms with Gasteiger partial charge in [-0.25, -0.2) is 4.18 Å². The second-order valence-corrected chi connectivity index (χ2v) is 13.2. The zero-order valence-electron chi connectivity index (χ0n) is 21.2. The molecule has 0 aromatic heterocycles. The predicted octanol–water partition coefficient (Wildman–Crippen LogP) is 2.10. The van der Waals surface area contributed by atoms with Gasteiger partial charge in [-0.1, -0.05) is 41.5 Å². The molecule has 8 heteroatoms. The van der Waals surface area contributed by atoms with Crippen molar-refractivity contribution in [2.45, 2.75) is 105 Å². The second-order valence-electron chi connectivity index (χ2n) is 12.1. The van der Waals surface area contributed by atoms with E-state index in [9.17, 15) is 18.6 Å². The smallest absolute Gasteiger partial charge is 0.393 e. The molecule has 0 aliphatic heterocycles. The molecular weight excluding hydrogens is 463 g/mol. The van der Waals surface area contributed by atoms with Crippen molar-refractivity contribution in [3.8, 4) is 0 Å². The van der Waals surface area contributed by atoms with Crippen molar-refractivity contribution in [2.24, 2.45) is 52.3 Å². The van der Waals surface area contributed by atoms with E-state index in [2.05, 4.69) is 31.9 Å². The fourth-order valence-corrected chi connectivity index (χ4v) is 9.78. The van der Waals surface area contributed by atoms with E-state index in [1.54, 1.807) is 0 Å². The number of aliphatic hydroxyl groups excluding tert-OH is 2. The van der Waals surface area contributed by atoms with Gasteiger partial charge < -0.3 is 10.2 Å². The van der Waals surface area contributed by atoms with Gasteiger partial charge in [0.1, 0.15) is 0 Å². The Morgan fingerprint density at radius 2 is 1.62 bits per heavy atom. The molecule has 0 spiro atoms. The first-order valence-corrected chi connectivity index (χ1v) is 14.3. The molecule has 194 valence electrons. The van der Waals surface area contributed by atoms with Gasteiger partial charge in [0, 0.05) is 0 Å². The van der Waals surface area contributed by atoms with Gasteiger partial charge in [0.05, 0.1) is 18.8 Å². The third-order valence-corrected chi connectivity index (χ3v) is 11.4. The van der Waals surface area contributed by atoms with Crippen LogP contribution in [0.2, 0.25) is 0 Å². The Hall–Kier alpha value is 0.790. The summed E-state index contributed by atoms with van der Waals surface area (Å²) < 4.78 is 35.4. The molecule has 5 unspecified atom stereocenters. The Morgan fingerprint density at radius 3 is 2.24 bits per heavy atom. The van der Waals surface area contributed by atoms with E-state index in [1.807, 2.05) is 0 Å². The molecule has 0 amide bonds. The summed E-state index contributed by atoms with van der Waals surface area (Å²) in [5.41, 5.74) is 0.355. The quantitative estimate of drug-likeness (QED) is 0.373. The van der Waals surface area contributed by atoms with Crippen LogP contribution in [0.4, 0.5) is 0 Å². The first-order valence-electron chi connectivity index (χ1n) is 12.9. The maximum Gasteiger partial charge on any atom is 1.00 e. The Bertz CT molecular complexity index is 792. The Labute approximate surface area is 230 Å². The fraction of sp³-hybridized carbons (Fsp3) is 1.00. The van der Waals surface area contributed by atoms with E-state index in [1.165, 1.54) is 0 Å². The fourth-order valence-electron chi connectivity index (χ4n) is 9.47. The molecular formula is C26H48NaO6S+. The topological polar surface area (TPSA) is 104 Å². The molecule has 11 atom stereocenters. The number of hydrogen-bond acceptors (Lipinski definition) is 5. The van der Waals surface area contributed by atoms with Crippen molar-refractivity contribution in [3.05, 3.63) is 0 Å². The van der Waals surface area contributed by atoms with E-state index in [-0.39, 0.29) is 72.5 Å². The number of rotatable bonds is 6. The van der Waals surface area contributed by atoms with E-state index >= 15 is 0 Å².